The number of carbonyl (C=O) groups is 1. The van der Waals surface area contributed by atoms with Crippen LogP contribution in [0.25, 0.3) is 0 Å². The molecule has 1 saturated heterocycles. The van der Waals surface area contributed by atoms with Gasteiger partial charge in [-0.3, -0.25) is 4.79 Å². The van der Waals surface area contributed by atoms with Gasteiger partial charge < -0.3 is 9.64 Å². The van der Waals surface area contributed by atoms with Crippen LogP contribution in [-0.4, -0.2) is 37.1 Å². The molecule has 0 spiro atoms. The highest BCUT2D eigenvalue weighted by atomic mass is 127. The summed E-state index contributed by atoms with van der Waals surface area (Å²) in [5.41, 5.74) is 0.559. The van der Waals surface area contributed by atoms with Crippen molar-refractivity contribution >= 4 is 28.5 Å². The Hall–Kier alpha value is -0.690. The van der Waals surface area contributed by atoms with Crippen molar-refractivity contribution in [3.63, 3.8) is 0 Å². The molecule has 0 atom stereocenters. The molecule has 1 amide bonds. The van der Waals surface area contributed by atoms with Gasteiger partial charge in [0.05, 0.1) is 18.8 Å². The average Bonchev–Trinajstić information content (AvgIpc) is 2.29. The highest BCUT2D eigenvalue weighted by Gasteiger charge is 2.20. The molecule has 0 saturated carbocycles. The van der Waals surface area contributed by atoms with E-state index in [4.69, 9.17) is 4.74 Å². The third-order valence-corrected chi connectivity index (χ3v) is 3.35. The van der Waals surface area contributed by atoms with Crippen molar-refractivity contribution in [1.82, 2.24) is 4.90 Å². The first-order valence-corrected chi connectivity index (χ1v) is 6.08. The first-order chi connectivity index (χ1) is 7.68. The van der Waals surface area contributed by atoms with Crippen LogP contribution >= 0.6 is 22.6 Å². The van der Waals surface area contributed by atoms with Crippen LogP contribution < -0.4 is 0 Å². The van der Waals surface area contributed by atoms with Gasteiger partial charge in [-0.25, -0.2) is 4.39 Å². The SMILES string of the molecule is O=C(c1ccc(F)cc1I)N1CCOCC1. The maximum absolute atomic E-state index is 12.9. The molecule has 1 aromatic carbocycles. The Labute approximate surface area is 107 Å². The average molecular weight is 335 g/mol. The first-order valence-electron chi connectivity index (χ1n) is 5.00. The summed E-state index contributed by atoms with van der Waals surface area (Å²) in [6.45, 7) is 2.35. The maximum atomic E-state index is 12.9. The molecular formula is C11H11FINO2. The van der Waals surface area contributed by atoms with Crippen molar-refractivity contribution in [2.45, 2.75) is 0 Å². The van der Waals surface area contributed by atoms with E-state index in [1.54, 1.807) is 4.90 Å². The third kappa shape index (κ3) is 2.52. The summed E-state index contributed by atoms with van der Waals surface area (Å²) in [5.74, 6) is -0.365. The smallest absolute Gasteiger partial charge is 0.255 e. The Morgan fingerprint density at radius 3 is 2.69 bits per heavy atom. The zero-order valence-electron chi connectivity index (χ0n) is 8.58. The number of rotatable bonds is 1. The monoisotopic (exact) mass is 335 g/mol. The number of benzene rings is 1. The quantitative estimate of drug-likeness (QED) is 0.734. The van der Waals surface area contributed by atoms with Gasteiger partial charge in [0.15, 0.2) is 0 Å². The van der Waals surface area contributed by atoms with Gasteiger partial charge in [0, 0.05) is 16.7 Å². The molecule has 0 radical (unpaired) electrons. The molecule has 16 heavy (non-hydrogen) atoms. The summed E-state index contributed by atoms with van der Waals surface area (Å²) >= 11 is 1.98. The van der Waals surface area contributed by atoms with Crippen LogP contribution in [0, 0.1) is 9.39 Å². The van der Waals surface area contributed by atoms with Crippen molar-refractivity contribution in [3.05, 3.63) is 33.1 Å². The van der Waals surface area contributed by atoms with E-state index in [-0.39, 0.29) is 11.7 Å². The Kier molecular flexibility index (Phi) is 3.75. The Bertz CT molecular complexity index is 405. The fourth-order valence-corrected chi connectivity index (χ4v) is 2.31. The second kappa shape index (κ2) is 5.09. The number of morpholine rings is 1. The van der Waals surface area contributed by atoms with E-state index in [9.17, 15) is 9.18 Å². The second-order valence-electron chi connectivity index (χ2n) is 3.53. The number of ether oxygens (including phenoxy) is 1. The summed E-state index contributed by atoms with van der Waals surface area (Å²) in [6.07, 6.45) is 0. The minimum atomic E-state index is -0.317. The maximum Gasteiger partial charge on any atom is 0.255 e. The highest BCUT2D eigenvalue weighted by molar-refractivity contribution is 14.1. The summed E-state index contributed by atoms with van der Waals surface area (Å²) in [4.78, 5) is 13.8. The summed E-state index contributed by atoms with van der Waals surface area (Å²) in [7, 11) is 0. The van der Waals surface area contributed by atoms with E-state index in [0.717, 1.165) is 0 Å². The molecule has 1 aliphatic heterocycles. The van der Waals surface area contributed by atoms with E-state index in [1.807, 2.05) is 22.6 Å². The van der Waals surface area contributed by atoms with Crippen LogP contribution in [0.15, 0.2) is 18.2 Å². The van der Waals surface area contributed by atoms with Crippen molar-refractivity contribution < 1.29 is 13.9 Å². The standard InChI is InChI=1S/C11H11FINO2/c12-8-1-2-9(10(13)7-8)11(15)14-3-5-16-6-4-14/h1-2,7H,3-6H2. The second-order valence-corrected chi connectivity index (χ2v) is 4.69. The molecule has 1 fully saturated rings. The van der Waals surface area contributed by atoms with Crippen LogP contribution in [0.5, 0.6) is 0 Å². The number of amides is 1. The van der Waals surface area contributed by atoms with Crippen molar-refractivity contribution in [1.29, 1.82) is 0 Å². The van der Waals surface area contributed by atoms with Crippen LogP contribution in [0.2, 0.25) is 0 Å². The van der Waals surface area contributed by atoms with E-state index in [0.29, 0.717) is 35.4 Å². The predicted octanol–water partition coefficient (Wildman–Crippen LogP) is 1.90. The minimum Gasteiger partial charge on any atom is -0.378 e. The zero-order valence-corrected chi connectivity index (χ0v) is 10.7. The van der Waals surface area contributed by atoms with E-state index in [1.165, 1.54) is 18.2 Å². The molecule has 2 rings (SSSR count). The number of nitrogens with zero attached hydrogens (tertiary/aromatic N) is 1. The van der Waals surface area contributed by atoms with Gasteiger partial charge in [-0.2, -0.15) is 0 Å². The number of hydrogen-bond acceptors (Lipinski definition) is 2. The van der Waals surface area contributed by atoms with Crippen LogP contribution in [0.1, 0.15) is 10.4 Å². The molecule has 0 aromatic heterocycles. The van der Waals surface area contributed by atoms with Crippen molar-refractivity contribution in [3.8, 4) is 0 Å². The molecular weight excluding hydrogens is 324 g/mol. The molecule has 1 aromatic rings. The summed E-state index contributed by atoms with van der Waals surface area (Å²) in [5, 5.41) is 0. The molecule has 3 nitrogen and oxygen atoms in total. The summed E-state index contributed by atoms with van der Waals surface area (Å²) < 4.78 is 18.7. The van der Waals surface area contributed by atoms with Gasteiger partial charge in [0.2, 0.25) is 0 Å². The first kappa shape index (κ1) is 11.8. The third-order valence-electron chi connectivity index (χ3n) is 2.46. The molecule has 0 unspecified atom stereocenters. The van der Waals surface area contributed by atoms with Gasteiger partial charge in [-0.05, 0) is 40.8 Å². The highest BCUT2D eigenvalue weighted by Crippen LogP contribution is 2.16. The normalized spacial score (nSPS) is 16.2. The topological polar surface area (TPSA) is 29.5 Å². The van der Waals surface area contributed by atoms with Crippen LogP contribution in [0.4, 0.5) is 4.39 Å². The van der Waals surface area contributed by atoms with Crippen molar-refractivity contribution in [2.75, 3.05) is 26.3 Å². The van der Waals surface area contributed by atoms with Crippen molar-refractivity contribution in [2.24, 2.45) is 0 Å². The van der Waals surface area contributed by atoms with E-state index < -0.39 is 0 Å². The lowest BCUT2D eigenvalue weighted by molar-refractivity contribution is 0.0302. The Balaban J connectivity index is 2.19. The number of carbonyl (C=O) groups excluding carboxylic acids is 1. The van der Waals surface area contributed by atoms with Crippen LogP contribution in [0.3, 0.4) is 0 Å². The van der Waals surface area contributed by atoms with E-state index in [2.05, 4.69) is 0 Å². The summed E-state index contributed by atoms with van der Waals surface area (Å²) in [6, 6.07) is 4.22. The minimum absolute atomic E-state index is 0.0484. The lowest BCUT2D eigenvalue weighted by Gasteiger charge is -2.27. The van der Waals surface area contributed by atoms with Gasteiger partial charge >= 0.3 is 0 Å². The van der Waals surface area contributed by atoms with Crippen LogP contribution in [-0.2, 0) is 4.74 Å². The molecule has 5 heteroatoms. The molecule has 86 valence electrons. The molecule has 0 bridgehead atoms. The fourth-order valence-electron chi connectivity index (χ4n) is 1.60. The molecule has 0 aliphatic carbocycles. The zero-order chi connectivity index (χ0) is 11.5. The lowest BCUT2D eigenvalue weighted by Crippen LogP contribution is -2.41. The molecule has 0 N–H and O–H groups in total. The van der Waals surface area contributed by atoms with Gasteiger partial charge in [-0.1, -0.05) is 0 Å². The van der Waals surface area contributed by atoms with Gasteiger partial charge in [0.1, 0.15) is 5.82 Å². The predicted molar refractivity (Wildman–Crippen MR) is 65.8 cm³/mol. The largest absolute Gasteiger partial charge is 0.378 e. The van der Waals surface area contributed by atoms with E-state index >= 15 is 0 Å². The van der Waals surface area contributed by atoms with Gasteiger partial charge in [-0.15, -0.1) is 0 Å². The molecule has 1 heterocycles. The number of halogens is 2. The Morgan fingerprint density at radius 2 is 2.06 bits per heavy atom. The fraction of sp³-hybridized carbons (Fsp3) is 0.364. The molecule has 1 aliphatic rings. The lowest BCUT2D eigenvalue weighted by atomic mass is 10.2. The number of hydrogen-bond donors (Lipinski definition) is 0. The Morgan fingerprint density at radius 1 is 1.38 bits per heavy atom. The van der Waals surface area contributed by atoms with Gasteiger partial charge in [0.25, 0.3) is 5.91 Å².